The molecular formula is C44H39N3O. The van der Waals surface area contributed by atoms with E-state index < -0.39 is 0 Å². The van der Waals surface area contributed by atoms with E-state index in [0.29, 0.717) is 11.6 Å². The Hall–Kier alpha value is -5.22. The van der Waals surface area contributed by atoms with Gasteiger partial charge in [-0.15, -0.1) is 0 Å². The van der Waals surface area contributed by atoms with Crippen LogP contribution in [0.4, 0.5) is 0 Å². The minimum atomic E-state index is -0.00204. The number of pyridine rings is 1. The van der Waals surface area contributed by atoms with Gasteiger partial charge in [-0.25, -0.2) is 9.97 Å². The quantitative estimate of drug-likeness (QED) is 0.195. The van der Waals surface area contributed by atoms with E-state index in [1.165, 1.54) is 59.6 Å². The molecule has 3 heterocycles. The van der Waals surface area contributed by atoms with Crippen LogP contribution in [-0.4, -0.2) is 14.5 Å². The number of imidazole rings is 1. The fourth-order valence-corrected chi connectivity index (χ4v) is 7.80. The highest BCUT2D eigenvalue weighted by Crippen LogP contribution is 2.42. The number of aromatic nitrogens is 3. The molecule has 1 aliphatic carbocycles. The van der Waals surface area contributed by atoms with Crippen molar-refractivity contribution in [3.63, 3.8) is 0 Å². The average molecular weight is 626 g/mol. The molecule has 9 rings (SSSR count). The zero-order chi connectivity index (χ0) is 32.4. The van der Waals surface area contributed by atoms with Crippen LogP contribution in [0.2, 0.25) is 0 Å². The monoisotopic (exact) mass is 625 g/mol. The normalized spacial score (nSPS) is 14.5. The molecule has 3 aromatic heterocycles. The van der Waals surface area contributed by atoms with Gasteiger partial charge in [-0.2, -0.15) is 0 Å². The highest BCUT2D eigenvalue weighted by molar-refractivity contribution is 6.11. The van der Waals surface area contributed by atoms with Gasteiger partial charge >= 0.3 is 0 Å². The number of rotatable bonds is 4. The molecule has 0 N–H and O–H groups in total. The maximum atomic E-state index is 6.76. The van der Waals surface area contributed by atoms with Crippen LogP contribution in [0.3, 0.4) is 0 Å². The second-order valence-electron chi connectivity index (χ2n) is 14.5. The lowest BCUT2D eigenvalue weighted by molar-refractivity contribution is 0.436. The standard InChI is InChI=1S/C44H39N3O/c1-44(2,3)31-22-26-39(36(27-31)28-13-6-4-7-14-28)47-40-32-18-11-10-15-29(32)21-24-38(40)45-42(47)35-20-12-19-33-34-23-25-37(30-16-8-5-9-17-30)46-43(34)48-41(33)35/h4,6-7,10-15,18-27,30H,5,8-9,16-17H2,1-3H3. The van der Waals surface area contributed by atoms with Gasteiger partial charge in [0.25, 0.3) is 0 Å². The molecule has 1 fully saturated rings. The number of hydrogen-bond acceptors (Lipinski definition) is 3. The molecule has 8 aromatic rings. The van der Waals surface area contributed by atoms with Gasteiger partial charge in [0.05, 0.1) is 22.3 Å². The van der Waals surface area contributed by atoms with E-state index in [0.717, 1.165) is 50.2 Å². The first-order valence-corrected chi connectivity index (χ1v) is 17.4. The molecule has 0 spiro atoms. The summed E-state index contributed by atoms with van der Waals surface area (Å²) in [7, 11) is 0. The summed E-state index contributed by atoms with van der Waals surface area (Å²) in [6, 6.07) is 41.5. The third kappa shape index (κ3) is 4.73. The van der Waals surface area contributed by atoms with E-state index in [-0.39, 0.29) is 5.41 Å². The lowest BCUT2D eigenvalue weighted by Gasteiger charge is -2.23. The Morgan fingerprint density at radius 3 is 2.29 bits per heavy atom. The molecule has 4 heteroatoms. The molecule has 0 aliphatic heterocycles. The summed E-state index contributed by atoms with van der Waals surface area (Å²) < 4.78 is 9.13. The van der Waals surface area contributed by atoms with Crippen molar-refractivity contribution in [3.05, 3.63) is 127 Å². The van der Waals surface area contributed by atoms with E-state index >= 15 is 0 Å². The van der Waals surface area contributed by atoms with Crippen molar-refractivity contribution < 1.29 is 4.42 Å². The number of hydrogen-bond donors (Lipinski definition) is 0. The predicted octanol–water partition coefficient (Wildman–Crippen LogP) is 12.2. The summed E-state index contributed by atoms with van der Waals surface area (Å²) in [4.78, 5) is 10.5. The van der Waals surface area contributed by atoms with Gasteiger partial charge in [-0.05, 0) is 71.2 Å². The summed E-state index contributed by atoms with van der Waals surface area (Å²) in [5, 5.41) is 4.48. The van der Waals surface area contributed by atoms with Crippen LogP contribution in [0.25, 0.3) is 72.1 Å². The fraction of sp³-hybridized carbons (Fsp3) is 0.227. The predicted molar refractivity (Wildman–Crippen MR) is 199 cm³/mol. The van der Waals surface area contributed by atoms with Crippen molar-refractivity contribution in [2.75, 3.05) is 0 Å². The molecule has 1 saturated carbocycles. The molecule has 0 radical (unpaired) electrons. The molecular weight excluding hydrogens is 587 g/mol. The van der Waals surface area contributed by atoms with Crippen LogP contribution in [0.5, 0.6) is 0 Å². The summed E-state index contributed by atoms with van der Waals surface area (Å²) >= 11 is 0. The van der Waals surface area contributed by atoms with Crippen LogP contribution in [0.1, 0.15) is 70.1 Å². The van der Waals surface area contributed by atoms with Gasteiger partial charge in [0.2, 0.25) is 5.71 Å². The minimum Gasteiger partial charge on any atom is -0.437 e. The van der Waals surface area contributed by atoms with Crippen molar-refractivity contribution in [2.45, 2.75) is 64.2 Å². The molecule has 0 atom stereocenters. The zero-order valence-corrected chi connectivity index (χ0v) is 27.8. The summed E-state index contributed by atoms with van der Waals surface area (Å²) in [5.74, 6) is 1.37. The number of para-hydroxylation sites is 1. The van der Waals surface area contributed by atoms with Crippen molar-refractivity contribution in [3.8, 4) is 28.2 Å². The maximum Gasteiger partial charge on any atom is 0.227 e. The first-order valence-electron chi connectivity index (χ1n) is 17.4. The lowest BCUT2D eigenvalue weighted by atomic mass is 9.85. The Morgan fingerprint density at radius 2 is 1.46 bits per heavy atom. The molecule has 0 saturated heterocycles. The fourth-order valence-electron chi connectivity index (χ4n) is 7.80. The highest BCUT2D eigenvalue weighted by atomic mass is 16.3. The van der Waals surface area contributed by atoms with Gasteiger partial charge in [-0.1, -0.05) is 119 Å². The van der Waals surface area contributed by atoms with E-state index in [2.05, 4.69) is 141 Å². The zero-order valence-electron chi connectivity index (χ0n) is 27.8. The summed E-state index contributed by atoms with van der Waals surface area (Å²) in [6.45, 7) is 6.83. The van der Waals surface area contributed by atoms with Gasteiger partial charge in [-0.3, -0.25) is 4.57 Å². The molecule has 0 unspecified atom stereocenters. The SMILES string of the molecule is CC(C)(C)c1ccc(-n2c(-c3cccc4c3oc3nc(C5CCCCC5)ccc34)nc3ccc4ccccc4c32)c(-c2ccccc2)c1. The smallest absolute Gasteiger partial charge is 0.227 e. The van der Waals surface area contributed by atoms with Crippen LogP contribution < -0.4 is 0 Å². The minimum absolute atomic E-state index is 0.00204. The summed E-state index contributed by atoms with van der Waals surface area (Å²) in [6.07, 6.45) is 6.30. The second kappa shape index (κ2) is 11.2. The molecule has 4 nitrogen and oxygen atoms in total. The van der Waals surface area contributed by atoms with Crippen molar-refractivity contribution in [1.82, 2.24) is 14.5 Å². The van der Waals surface area contributed by atoms with Gasteiger partial charge < -0.3 is 4.42 Å². The van der Waals surface area contributed by atoms with E-state index in [9.17, 15) is 0 Å². The number of furan rings is 1. The lowest BCUT2D eigenvalue weighted by Crippen LogP contribution is -2.12. The molecule has 48 heavy (non-hydrogen) atoms. The van der Waals surface area contributed by atoms with E-state index in [1.54, 1.807) is 0 Å². The molecule has 1 aliphatic rings. The van der Waals surface area contributed by atoms with Gasteiger partial charge in [0.15, 0.2) is 0 Å². The van der Waals surface area contributed by atoms with Gasteiger partial charge in [0, 0.05) is 33.3 Å². The number of benzene rings is 5. The van der Waals surface area contributed by atoms with Crippen molar-refractivity contribution in [2.24, 2.45) is 0 Å². The van der Waals surface area contributed by atoms with Crippen molar-refractivity contribution >= 4 is 43.9 Å². The maximum absolute atomic E-state index is 6.76. The van der Waals surface area contributed by atoms with Crippen LogP contribution >= 0.6 is 0 Å². The largest absolute Gasteiger partial charge is 0.437 e. The van der Waals surface area contributed by atoms with Crippen molar-refractivity contribution in [1.29, 1.82) is 0 Å². The first-order chi connectivity index (χ1) is 23.4. The van der Waals surface area contributed by atoms with Crippen LogP contribution in [-0.2, 0) is 5.41 Å². The highest BCUT2D eigenvalue weighted by Gasteiger charge is 2.25. The molecule has 5 aromatic carbocycles. The Bertz CT molecular complexity index is 2470. The number of fused-ring (bicyclic) bond motifs is 6. The molecule has 236 valence electrons. The summed E-state index contributed by atoms with van der Waals surface area (Å²) in [5.41, 5.74) is 10.4. The third-order valence-electron chi connectivity index (χ3n) is 10.4. The Kier molecular flexibility index (Phi) is 6.75. The topological polar surface area (TPSA) is 43.9 Å². The Morgan fingerprint density at radius 1 is 0.667 bits per heavy atom. The van der Waals surface area contributed by atoms with E-state index in [4.69, 9.17) is 14.4 Å². The molecule has 0 bridgehead atoms. The van der Waals surface area contributed by atoms with E-state index in [1.807, 2.05) is 0 Å². The van der Waals surface area contributed by atoms with Gasteiger partial charge in [0.1, 0.15) is 11.4 Å². The van der Waals surface area contributed by atoms with Crippen LogP contribution in [0.15, 0.2) is 120 Å². The Balaban J connectivity index is 1.35. The second-order valence-corrected chi connectivity index (χ2v) is 14.5. The van der Waals surface area contributed by atoms with Crippen LogP contribution in [0, 0.1) is 0 Å². The average Bonchev–Trinajstić information content (AvgIpc) is 3.70. The third-order valence-corrected chi connectivity index (χ3v) is 10.4. The number of nitrogens with zero attached hydrogens (tertiary/aromatic N) is 3. The molecule has 0 amide bonds. The Labute approximate surface area is 281 Å². The first kappa shape index (κ1) is 29.0.